The van der Waals surface area contributed by atoms with Gasteiger partial charge in [-0.3, -0.25) is 0 Å². The highest BCUT2D eigenvalue weighted by atomic mass is 32.1. The molecule has 25 heavy (non-hydrogen) atoms. The van der Waals surface area contributed by atoms with E-state index in [0.29, 0.717) is 11.3 Å². The van der Waals surface area contributed by atoms with E-state index in [0.717, 1.165) is 11.5 Å². The lowest BCUT2D eigenvalue weighted by molar-refractivity contribution is -0.274. The Balaban J connectivity index is 2.26. The molecule has 1 aliphatic heterocycles. The molecule has 0 saturated carbocycles. The first-order valence-corrected chi connectivity index (χ1v) is 8.30. The van der Waals surface area contributed by atoms with Gasteiger partial charge in [0.2, 0.25) is 0 Å². The minimum absolute atomic E-state index is 0.151. The number of hydrogen-bond donors (Lipinski definition) is 2. The van der Waals surface area contributed by atoms with E-state index in [9.17, 15) is 13.2 Å². The summed E-state index contributed by atoms with van der Waals surface area (Å²) in [5, 5.41) is 0. The highest BCUT2D eigenvalue weighted by molar-refractivity contribution is 7.80. The molecule has 0 aromatic heterocycles. The Morgan fingerprint density at radius 2 is 1.80 bits per heavy atom. The average molecular weight is 375 g/mol. The van der Waals surface area contributed by atoms with Crippen molar-refractivity contribution < 1.29 is 27.2 Å². The summed E-state index contributed by atoms with van der Waals surface area (Å²) in [6.45, 7) is 7.73. The molecule has 138 valence electrons. The molecule has 4 nitrogen and oxygen atoms in total. The molecule has 0 aliphatic carbocycles. The Bertz CT molecular complexity index is 661. The Morgan fingerprint density at radius 1 is 1.24 bits per heavy atom. The molecule has 1 heterocycles. The molecular formula is C16H21BF3NO3S. The summed E-state index contributed by atoms with van der Waals surface area (Å²) in [4.78, 5) is 0. The van der Waals surface area contributed by atoms with Gasteiger partial charge in [0.05, 0.1) is 11.2 Å². The van der Waals surface area contributed by atoms with Crippen LogP contribution >= 0.6 is 12.6 Å². The van der Waals surface area contributed by atoms with E-state index < -0.39 is 24.7 Å². The van der Waals surface area contributed by atoms with E-state index in [-0.39, 0.29) is 11.4 Å². The number of ether oxygens (including phenoxy) is 1. The van der Waals surface area contributed by atoms with Gasteiger partial charge >= 0.3 is 13.5 Å². The van der Waals surface area contributed by atoms with Gasteiger partial charge < -0.3 is 19.8 Å². The fourth-order valence-corrected chi connectivity index (χ4v) is 2.50. The number of halogens is 3. The van der Waals surface area contributed by atoms with Crippen molar-refractivity contribution in [1.29, 1.82) is 0 Å². The van der Waals surface area contributed by atoms with Gasteiger partial charge in [0.15, 0.2) is 0 Å². The van der Waals surface area contributed by atoms with E-state index in [1.54, 1.807) is 6.08 Å². The van der Waals surface area contributed by atoms with Crippen LogP contribution in [0.2, 0.25) is 0 Å². The number of benzene rings is 1. The van der Waals surface area contributed by atoms with Gasteiger partial charge in [-0.2, -0.15) is 12.6 Å². The molecule has 0 amide bonds. The molecule has 1 aromatic carbocycles. The maximum Gasteiger partial charge on any atom is 0.573 e. The lowest BCUT2D eigenvalue weighted by Gasteiger charge is -2.32. The highest BCUT2D eigenvalue weighted by Gasteiger charge is 2.52. The third kappa shape index (κ3) is 4.65. The van der Waals surface area contributed by atoms with Crippen LogP contribution in [0, 0.1) is 0 Å². The number of alkyl halides is 3. The molecule has 1 saturated heterocycles. The van der Waals surface area contributed by atoms with E-state index in [1.165, 1.54) is 12.1 Å². The Kier molecular flexibility index (Phi) is 5.42. The zero-order valence-corrected chi connectivity index (χ0v) is 15.4. The molecule has 9 heteroatoms. The molecule has 0 radical (unpaired) electrons. The maximum absolute atomic E-state index is 12.3. The molecule has 0 atom stereocenters. The van der Waals surface area contributed by atoms with Crippen molar-refractivity contribution in [3.63, 3.8) is 0 Å². The number of anilines is 1. The summed E-state index contributed by atoms with van der Waals surface area (Å²) < 4.78 is 52.6. The van der Waals surface area contributed by atoms with Crippen LogP contribution in [0.3, 0.4) is 0 Å². The number of hydrogen-bond acceptors (Lipinski definition) is 5. The number of thiol groups is 1. The third-order valence-corrected chi connectivity index (χ3v) is 4.74. The molecule has 1 aliphatic rings. The topological polar surface area (TPSA) is 53.7 Å². The third-order valence-electron chi connectivity index (χ3n) is 4.37. The Morgan fingerprint density at radius 3 is 2.24 bits per heavy atom. The van der Waals surface area contributed by atoms with E-state index >= 15 is 0 Å². The summed E-state index contributed by atoms with van der Waals surface area (Å²) >= 11 is 4.30. The second kappa shape index (κ2) is 6.77. The van der Waals surface area contributed by atoms with Crippen LogP contribution in [0.4, 0.5) is 18.9 Å². The van der Waals surface area contributed by atoms with Crippen molar-refractivity contribution in [3.05, 3.63) is 29.2 Å². The maximum atomic E-state index is 12.3. The molecule has 0 spiro atoms. The van der Waals surface area contributed by atoms with Gasteiger partial charge in [-0.15, -0.1) is 13.2 Å². The molecule has 0 bridgehead atoms. The van der Waals surface area contributed by atoms with Crippen LogP contribution in [0.15, 0.2) is 23.7 Å². The summed E-state index contributed by atoms with van der Waals surface area (Å²) in [6.07, 6.45) is -3.05. The Hall–Kier alpha value is -1.32. The van der Waals surface area contributed by atoms with Crippen LogP contribution in [-0.2, 0) is 9.31 Å². The van der Waals surface area contributed by atoms with Crippen molar-refractivity contribution in [2.75, 3.05) is 11.5 Å². The van der Waals surface area contributed by atoms with Crippen LogP contribution in [0.25, 0.3) is 6.08 Å². The number of rotatable bonds is 4. The zero-order valence-electron chi connectivity index (χ0n) is 14.5. The second-order valence-corrected chi connectivity index (χ2v) is 7.12. The van der Waals surface area contributed by atoms with Gasteiger partial charge in [-0.1, -0.05) is 6.08 Å². The first-order chi connectivity index (χ1) is 11.3. The monoisotopic (exact) mass is 375 g/mol. The fourth-order valence-electron chi connectivity index (χ4n) is 2.26. The predicted molar refractivity (Wildman–Crippen MR) is 95.4 cm³/mol. The molecule has 2 rings (SSSR count). The number of nitrogens with two attached hydrogens (primary N) is 1. The van der Waals surface area contributed by atoms with Gasteiger partial charge in [-0.25, -0.2) is 0 Å². The van der Waals surface area contributed by atoms with Crippen LogP contribution in [0.5, 0.6) is 5.75 Å². The molecule has 0 unspecified atom stereocenters. The first kappa shape index (κ1) is 20.0. The van der Waals surface area contributed by atoms with Crippen molar-refractivity contribution in [3.8, 4) is 5.75 Å². The summed E-state index contributed by atoms with van der Waals surface area (Å²) in [5.74, 6) is -0.0259. The van der Waals surface area contributed by atoms with Gasteiger partial charge in [0.1, 0.15) is 5.75 Å². The van der Waals surface area contributed by atoms with Crippen molar-refractivity contribution in [2.45, 2.75) is 45.3 Å². The lowest BCUT2D eigenvalue weighted by atomic mass is 9.78. The summed E-state index contributed by atoms with van der Waals surface area (Å²) in [7, 11) is -0.604. The number of nitrogen functional groups attached to an aromatic ring is 1. The zero-order chi connectivity index (χ0) is 19.0. The Labute approximate surface area is 151 Å². The largest absolute Gasteiger partial charge is 0.573 e. The minimum Gasteiger partial charge on any atom is -0.406 e. The van der Waals surface area contributed by atoms with Crippen LogP contribution in [-0.4, -0.2) is 30.4 Å². The van der Waals surface area contributed by atoms with Crippen molar-refractivity contribution in [1.82, 2.24) is 0 Å². The normalized spacial score (nSPS) is 20.0. The summed E-state index contributed by atoms with van der Waals surface area (Å²) in [5.41, 5.74) is 6.25. The van der Waals surface area contributed by atoms with Gasteiger partial charge in [0, 0.05) is 17.5 Å². The van der Waals surface area contributed by atoms with Gasteiger partial charge in [0.25, 0.3) is 0 Å². The van der Waals surface area contributed by atoms with Gasteiger partial charge in [-0.05, 0) is 50.9 Å². The smallest absolute Gasteiger partial charge is 0.406 e. The molecule has 1 aromatic rings. The van der Waals surface area contributed by atoms with E-state index in [2.05, 4.69) is 17.4 Å². The lowest BCUT2D eigenvalue weighted by Crippen LogP contribution is -2.41. The molecular weight excluding hydrogens is 354 g/mol. The van der Waals surface area contributed by atoms with E-state index in [4.69, 9.17) is 15.0 Å². The minimum atomic E-state index is -4.76. The summed E-state index contributed by atoms with van der Waals surface area (Å²) in [6, 6.07) is 3.78. The first-order valence-electron chi connectivity index (χ1n) is 7.67. The average Bonchev–Trinajstić information content (AvgIpc) is 2.64. The highest BCUT2D eigenvalue weighted by Crippen LogP contribution is 2.39. The quantitative estimate of drug-likeness (QED) is 0.473. The van der Waals surface area contributed by atoms with Crippen LogP contribution < -0.4 is 10.5 Å². The fraction of sp³-hybridized carbons (Fsp3) is 0.500. The molecule has 1 fully saturated rings. The SMILES string of the molecule is CC1(C)OB(C(=Cc2ccc(OC(F)(F)F)cc2N)CS)OC1(C)C. The van der Waals surface area contributed by atoms with Crippen molar-refractivity contribution in [2.24, 2.45) is 0 Å². The second-order valence-electron chi connectivity index (χ2n) is 6.80. The van der Waals surface area contributed by atoms with Crippen LogP contribution in [0.1, 0.15) is 33.3 Å². The van der Waals surface area contributed by atoms with E-state index in [1.807, 2.05) is 27.7 Å². The van der Waals surface area contributed by atoms with Crippen molar-refractivity contribution >= 4 is 31.5 Å². The predicted octanol–water partition coefficient (Wildman–Crippen LogP) is 4.11. The molecule has 2 N–H and O–H groups in total. The standard InChI is InChI=1S/C16H21BF3NO3S/c1-14(2)15(3,4)24-17(23-14)11(9-25)7-10-5-6-12(8-13(10)21)22-16(18,19)20/h5-8,25H,9,21H2,1-4H3.